The molecule has 122 valence electrons. The molecule has 2 aromatic rings. The molecule has 1 aliphatic rings. The third kappa shape index (κ3) is 3.29. The first-order valence-corrected chi connectivity index (χ1v) is 9.59. The predicted molar refractivity (Wildman–Crippen MR) is 88.8 cm³/mol. The van der Waals surface area contributed by atoms with Crippen molar-refractivity contribution in [3.8, 4) is 0 Å². The smallest absolute Gasteiger partial charge is 0.244 e. The van der Waals surface area contributed by atoms with Gasteiger partial charge in [0.25, 0.3) is 0 Å². The van der Waals surface area contributed by atoms with E-state index in [2.05, 4.69) is 10.3 Å². The monoisotopic (exact) mass is 351 g/mol. The van der Waals surface area contributed by atoms with Crippen LogP contribution in [0.3, 0.4) is 0 Å². The fraction of sp³-hybridized carbons (Fsp3) is 0.333. The molecule has 6 nitrogen and oxygen atoms in total. The molecule has 0 radical (unpaired) electrons. The first kappa shape index (κ1) is 16.1. The highest BCUT2D eigenvalue weighted by Crippen LogP contribution is 2.27. The van der Waals surface area contributed by atoms with Crippen molar-refractivity contribution in [1.82, 2.24) is 9.29 Å². The highest BCUT2D eigenvalue weighted by Gasteiger charge is 2.39. The minimum absolute atomic E-state index is 0.219. The van der Waals surface area contributed by atoms with Crippen LogP contribution in [0.5, 0.6) is 0 Å². The minimum atomic E-state index is -3.67. The van der Waals surface area contributed by atoms with E-state index < -0.39 is 16.1 Å². The Kier molecular flexibility index (Phi) is 4.47. The lowest BCUT2D eigenvalue weighted by Crippen LogP contribution is -2.43. The van der Waals surface area contributed by atoms with Crippen LogP contribution in [-0.2, 0) is 14.8 Å². The standard InChI is InChI=1S/C15H17N3O3S2/c1-11-4-6-12(7-5-11)23(20,21)18-9-2-3-13(18)14(19)17-15-16-8-10-22-15/h4-8,10,13H,2-3,9H2,1H3,(H,16,17,19)/t13-/m0/s1. The lowest BCUT2D eigenvalue weighted by molar-refractivity contribution is -0.119. The Morgan fingerprint density at radius 1 is 1.35 bits per heavy atom. The first-order chi connectivity index (χ1) is 11.0. The Morgan fingerprint density at radius 3 is 2.74 bits per heavy atom. The summed E-state index contributed by atoms with van der Waals surface area (Å²) in [4.78, 5) is 16.6. The molecule has 1 aromatic heterocycles. The topological polar surface area (TPSA) is 79.4 Å². The SMILES string of the molecule is Cc1ccc(S(=O)(=O)N2CCC[C@H]2C(=O)Nc2nccs2)cc1. The number of thiazole rings is 1. The molecule has 23 heavy (non-hydrogen) atoms. The van der Waals surface area contributed by atoms with Crippen LogP contribution in [0.2, 0.25) is 0 Å². The third-order valence-corrected chi connectivity index (χ3v) is 6.41. The molecular formula is C15H17N3O3S2. The van der Waals surface area contributed by atoms with Crippen molar-refractivity contribution >= 4 is 32.4 Å². The number of nitrogens with zero attached hydrogens (tertiary/aromatic N) is 2. The summed E-state index contributed by atoms with van der Waals surface area (Å²) in [7, 11) is -3.67. The second-order valence-electron chi connectivity index (χ2n) is 5.41. The summed E-state index contributed by atoms with van der Waals surface area (Å²) in [6.45, 7) is 2.25. The zero-order valence-electron chi connectivity index (χ0n) is 12.6. The Labute approximate surface area is 139 Å². The van der Waals surface area contributed by atoms with Gasteiger partial charge in [0, 0.05) is 18.1 Å². The number of anilines is 1. The van der Waals surface area contributed by atoms with Gasteiger partial charge in [-0.05, 0) is 31.9 Å². The number of nitrogens with one attached hydrogen (secondary N) is 1. The van der Waals surface area contributed by atoms with E-state index in [1.807, 2.05) is 6.92 Å². The molecule has 0 unspecified atom stereocenters. The van der Waals surface area contributed by atoms with Crippen molar-refractivity contribution in [2.45, 2.75) is 30.7 Å². The number of aryl methyl sites for hydroxylation is 1. The zero-order valence-corrected chi connectivity index (χ0v) is 14.2. The first-order valence-electron chi connectivity index (χ1n) is 7.27. The Hall–Kier alpha value is -1.77. The van der Waals surface area contributed by atoms with Gasteiger partial charge in [0.2, 0.25) is 15.9 Å². The van der Waals surface area contributed by atoms with Crippen molar-refractivity contribution in [3.63, 3.8) is 0 Å². The average molecular weight is 351 g/mol. The summed E-state index contributed by atoms with van der Waals surface area (Å²) in [5.41, 5.74) is 0.989. The zero-order chi connectivity index (χ0) is 16.4. The molecule has 8 heteroatoms. The van der Waals surface area contributed by atoms with Crippen LogP contribution in [0.4, 0.5) is 5.13 Å². The van der Waals surface area contributed by atoms with Crippen molar-refractivity contribution in [3.05, 3.63) is 41.4 Å². The molecule has 0 aliphatic carbocycles. The maximum Gasteiger partial charge on any atom is 0.244 e. The summed E-state index contributed by atoms with van der Waals surface area (Å²) < 4.78 is 26.9. The molecule has 0 saturated carbocycles. The fourth-order valence-electron chi connectivity index (χ4n) is 2.61. The van der Waals surface area contributed by atoms with Crippen molar-refractivity contribution in [1.29, 1.82) is 0 Å². The van der Waals surface area contributed by atoms with Crippen LogP contribution >= 0.6 is 11.3 Å². The van der Waals surface area contributed by atoms with Gasteiger partial charge in [-0.1, -0.05) is 17.7 Å². The maximum atomic E-state index is 12.8. The summed E-state index contributed by atoms with van der Waals surface area (Å²) in [6.07, 6.45) is 2.78. The molecule has 1 aromatic carbocycles. The lowest BCUT2D eigenvalue weighted by Gasteiger charge is -2.23. The number of carbonyl (C=O) groups is 1. The Bertz CT molecular complexity index is 786. The van der Waals surface area contributed by atoms with E-state index >= 15 is 0 Å². The summed E-state index contributed by atoms with van der Waals surface area (Å²) in [5, 5.41) is 4.92. The Balaban J connectivity index is 1.83. The predicted octanol–water partition coefficient (Wildman–Crippen LogP) is 2.24. The third-order valence-electron chi connectivity index (χ3n) is 3.80. The van der Waals surface area contributed by atoms with Gasteiger partial charge in [-0.2, -0.15) is 4.31 Å². The Morgan fingerprint density at radius 2 is 2.09 bits per heavy atom. The van der Waals surface area contributed by atoms with Crippen molar-refractivity contribution < 1.29 is 13.2 Å². The van der Waals surface area contributed by atoms with E-state index in [0.717, 1.165) is 5.56 Å². The molecule has 3 rings (SSSR count). The number of sulfonamides is 1. The van der Waals surface area contributed by atoms with Gasteiger partial charge in [0.05, 0.1) is 4.90 Å². The number of hydrogen-bond donors (Lipinski definition) is 1. The van der Waals surface area contributed by atoms with Crippen molar-refractivity contribution in [2.24, 2.45) is 0 Å². The van der Waals surface area contributed by atoms with Gasteiger partial charge in [-0.15, -0.1) is 11.3 Å². The quantitative estimate of drug-likeness (QED) is 0.916. The molecule has 1 amide bonds. The number of hydrogen-bond acceptors (Lipinski definition) is 5. The van der Waals surface area contributed by atoms with Crippen LogP contribution in [0.1, 0.15) is 18.4 Å². The molecule has 0 bridgehead atoms. The van der Waals surface area contributed by atoms with Crippen LogP contribution < -0.4 is 5.32 Å². The number of amides is 1. The molecule has 1 N–H and O–H groups in total. The van der Waals surface area contributed by atoms with E-state index in [-0.39, 0.29) is 10.8 Å². The number of carbonyl (C=O) groups excluding carboxylic acids is 1. The molecule has 1 fully saturated rings. The van der Waals surface area contributed by atoms with Gasteiger partial charge in [-0.25, -0.2) is 13.4 Å². The average Bonchev–Trinajstić information content (AvgIpc) is 3.19. The number of rotatable bonds is 4. The van der Waals surface area contributed by atoms with Crippen LogP contribution in [0.15, 0.2) is 40.7 Å². The van der Waals surface area contributed by atoms with Gasteiger partial charge < -0.3 is 5.32 Å². The minimum Gasteiger partial charge on any atom is -0.301 e. The van der Waals surface area contributed by atoms with Gasteiger partial charge in [0.15, 0.2) is 5.13 Å². The lowest BCUT2D eigenvalue weighted by atomic mass is 10.2. The number of benzene rings is 1. The van der Waals surface area contributed by atoms with E-state index in [1.54, 1.807) is 35.8 Å². The van der Waals surface area contributed by atoms with Gasteiger partial charge in [0.1, 0.15) is 6.04 Å². The second-order valence-corrected chi connectivity index (χ2v) is 8.20. The molecular weight excluding hydrogens is 334 g/mol. The van der Waals surface area contributed by atoms with Crippen molar-refractivity contribution in [2.75, 3.05) is 11.9 Å². The molecule has 0 spiro atoms. The summed E-state index contributed by atoms with van der Waals surface area (Å²) in [6, 6.07) is 5.99. The van der Waals surface area contributed by atoms with Crippen LogP contribution in [0.25, 0.3) is 0 Å². The van der Waals surface area contributed by atoms with E-state index in [4.69, 9.17) is 0 Å². The van der Waals surface area contributed by atoms with E-state index in [0.29, 0.717) is 24.5 Å². The highest BCUT2D eigenvalue weighted by molar-refractivity contribution is 7.89. The molecule has 1 aliphatic heterocycles. The second kappa shape index (κ2) is 6.38. The molecule has 1 saturated heterocycles. The maximum absolute atomic E-state index is 12.8. The highest BCUT2D eigenvalue weighted by atomic mass is 32.2. The normalized spacial score (nSPS) is 18.9. The fourth-order valence-corrected chi connectivity index (χ4v) is 4.80. The van der Waals surface area contributed by atoms with Gasteiger partial charge in [-0.3, -0.25) is 4.79 Å². The van der Waals surface area contributed by atoms with Gasteiger partial charge >= 0.3 is 0 Å². The van der Waals surface area contributed by atoms with Crippen LogP contribution in [0, 0.1) is 6.92 Å². The van der Waals surface area contributed by atoms with E-state index in [9.17, 15) is 13.2 Å². The summed E-state index contributed by atoms with van der Waals surface area (Å²) in [5.74, 6) is -0.326. The molecule has 1 atom stereocenters. The number of aromatic nitrogens is 1. The van der Waals surface area contributed by atoms with Crippen LogP contribution in [-0.4, -0.2) is 36.2 Å². The molecule has 2 heterocycles. The van der Waals surface area contributed by atoms with E-state index in [1.165, 1.54) is 15.6 Å². The summed E-state index contributed by atoms with van der Waals surface area (Å²) >= 11 is 1.31. The largest absolute Gasteiger partial charge is 0.301 e.